The molecule has 2 aliphatic rings. The number of benzene rings is 1. The van der Waals surface area contributed by atoms with Crippen LogP contribution in [-0.4, -0.2) is 72.8 Å². The molecular formula is C20H24N4O6. The van der Waals surface area contributed by atoms with Gasteiger partial charge in [-0.25, -0.2) is 4.79 Å². The lowest BCUT2D eigenvalue weighted by molar-refractivity contribution is -0.147. The number of esters is 1. The van der Waals surface area contributed by atoms with Gasteiger partial charge in [0.25, 0.3) is 5.91 Å². The Bertz CT molecular complexity index is 853. The summed E-state index contributed by atoms with van der Waals surface area (Å²) in [6, 6.07) is 6.49. The topological polar surface area (TPSA) is 116 Å². The number of carbonyl (C=O) groups excluding carboxylic acids is 5. The number of nitrogens with one attached hydrogen (secondary N) is 1. The molecule has 2 heterocycles. The molecule has 0 unspecified atom stereocenters. The van der Waals surface area contributed by atoms with Crippen LogP contribution >= 0.6 is 0 Å². The fraction of sp³-hybridized carbons (Fsp3) is 0.450. The highest BCUT2D eigenvalue weighted by atomic mass is 16.5. The minimum atomic E-state index is -0.583. The Kier molecular flexibility index (Phi) is 6.65. The van der Waals surface area contributed by atoms with Gasteiger partial charge in [0, 0.05) is 44.4 Å². The van der Waals surface area contributed by atoms with Gasteiger partial charge in [0.15, 0.2) is 6.61 Å². The molecule has 1 N–H and O–H groups in total. The minimum absolute atomic E-state index is 0.00733. The van der Waals surface area contributed by atoms with E-state index in [-0.39, 0.29) is 43.8 Å². The number of anilines is 2. The molecular weight excluding hydrogens is 392 g/mol. The first-order valence-corrected chi connectivity index (χ1v) is 9.76. The molecule has 1 aromatic rings. The Balaban J connectivity index is 1.36. The van der Waals surface area contributed by atoms with Crippen molar-refractivity contribution >= 4 is 41.1 Å². The summed E-state index contributed by atoms with van der Waals surface area (Å²) in [6.07, 6.45) is 1.64. The van der Waals surface area contributed by atoms with Gasteiger partial charge in [-0.1, -0.05) is 0 Å². The normalized spacial score (nSPS) is 16.4. The first-order valence-electron chi connectivity index (χ1n) is 9.76. The Morgan fingerprint density at radius 1 is 1.10 bits per heavy atom. The summed E-state index contributed by atoms with van der Waals surface area (Å²) in [4.78, 5) is 63.0. The van der Waals surface area contributed by atoms with E-state index in [0.717, 1.165) is 17.0 Å². The summed E-state index contributed by atoms with van der Waals surface area (Å²) in [6.45, 7) is 0.431. The fourth-order valence-corrected chi connectivity index (χ4v) is 3.33. The SMILES string of the molecule is CN1CC(=O)N(CCCC(=O)OCC(=O)Nc2ccc(N3CCCC3=O)cc2)C1=O. The van der Waals surface area contributed by atoms with Gasteiger partial charge in [0.2, 0.25) is 11.8 Å². The summed E-state index contributed by atoms with van der Waals surface area (Å²) < 4.78 is 4.93. The van der Waals surface area contributed by atoms with Crippen molar-refractivity contribution in [2.24, 2.45) is 0 Å². The maximum Gasteiger partial charge on any atom is 0.326 e. The number of nitrogens with zero attached hydrogens (tertiary/aromatic N) is 3. The standard InChI is InChI=1S/C20H24N4O6/c1-22-12-18(27)24(20(22)29)11-3-5-19(28)30-13-16(25)21-14-6-8-15(9-7-14)23-10-2-4-17(23)26/h6-9H,2-5,10-13H2,1H3,(H,21,25). The Labute approximate surface area is 173 Å². The van der Waals surface area contributed by atoms with Gasteiger partial charge < -0.3 is 19.9 Å². The van der Waals surface area contributed by atoms with Crippen LogP contribution in [-0.2, 0) is 23.9 Å². The fourth-order valence-electron chi connectivity index (χ4n) is 3.33. The van der Waals surface area contributed by atoms with Crippen LogP contribution in [0.3, 0.4) is 0 Å². The van der Waals surface area contributed by atoms with Crippen molar-refractivity contribution in [3.05, 3.63) is 24.3 Å². The Morgan fingerprint density at radius 3 is 2.43 bits per heavy atom. The van der Waals surface area contributed by atoms with E-state index >= 15 is 0 Å². The van der Waals surface area contributed by atoms with E-state index in [1.807, 2.05) is 0 Å². The van der Waals surface area contributed by atoms with Crippen LogP contribution in [0.4, 0.5) is 16.2 Å². The molecule has 5 amide bonds. The van der Waals surface area contributed by atoms with Crippen molar-refractivity contribution in [3.63, 3.8) is 0 Å². The molecule has 3 rings (SSSR count). The molecule has 0 radical (unpaired) electrons. The molecule has 2 aliphatic heterocycles. The molecule has 10 heteroatoms. The van der Waals surface area contributed by atoms with Crippen LogP contribution in [0.1, 0.15) is 25.7 Å². The predicted octanol–water partition coefficient (Wildman–Crippen LogP) is 0.969. The molecule has 0 atom stereocenters. The number of rotatable bonds is 8. The summed E-state index contributed by atoms with van der Waals surface area (Å²) in [5.41, 5.74) is 1.31. The van der Waals surface area contributed by atoms with E-state index in [4.69, 9.17) is 4.74 Å². The van der Waals surface area contributed by atoms with E-state index < -0.39 is 18.5 Å². The van der Waals surface area contributed by atoms with Crippen molar-refractivity contribution < 1.29 is 28.7 Å². The predicted molar refractivity (Wildman–Crippen MR) is 107 cm³/mol. The van der Waals surface area contributed by atoms with Gasteiger partial charge in [-0.3, -0.25) is 24.1 Å². The molecule has 2 saturated heterocycles. The zero-order valence-electron chi connectivity index (χ0n) is 16.8. The van der Waals surface area contributed by atoms with Gasteiger partial charge in [-0.2, -0.15) is 0 Å². The first-order chi connectivity index (χ1) is 14.3. The zero-order chi connectivity index (χ0) is 21.7. The number of hydrogen-bond acceptors (Lipinski definition) is 6. The smallest absolute Gasteiger partial charge is 0.326 e. The summed E-state index contributed by atoms with van der Waals surface area (Å²) in [5, 5.41) is 2.62. The van der Waals surface area contributed by atoms with Crippen LogP contribution in [0, 0.1) is 0 Å². The molecule has 0 spiro atoms. The van der Waals surface area contributed by atoms with Crippen LogP contribution in [0.15, 0.2) is 24.3 Å². The number of likely N-dealkylation sites (N-methyl/N-ethyl adjacent to an activating group) is 1. The van der Waals surface area contributed by atoms with Crippen molar-refractivity contribution in [3.8, 4) is 0 Å². The quantitative estimate of drug-likeness (QED) is 0.499. The van der Waals surface area contributed by atoms with E-state index in [2.05, 4.69) is 5.32 Å². The second-order valence-electron chi connectivity index (χ2n) is 7.19. The van der Waals surface area contributed by atoms with E-state index in [1.54, 1.807) is 29.2 Å². The molecule has 30 heavy (non-hydrogen) atoms. The average molecular weight is 416 g/mol. The van der Waals surface area contributed by atoms with Crippen LogP contribution in [0.25, 0.3) is 0 Å². The lowest BCUT2D eigenvalue weighted by Crippen LogP contribution is -2.32. The average Bonchev–Trinajstić information content (AvgIpc) is 3.24. The third-order valence-electron chi connectivity index (χ3n) is 4.89. The number of hydrogen-bond donors (Lipinski definition) is 1. The second-order valence-corrected chi connectivity index (χ2v) is 7.19. The molecule has 10 nitrogen and oxygen atoms in total. The third-order valence-corrected chi connectivity index (χ3v) is 4.89. The highest BCUT2D eigenvalue weighted by Gasteiger charge is 2.32. The van der Waals surface area contributed by atoms with Gasteiger partial charge in [0.05, 0.1) is 0 Å². The lowest BCUT2D eigenvalue weighted by Gasteiger charge is -2.16. The largest absolute Gasteiger partial charge is 0.456 e. The molecule has 1 aromatic carbocycles. The van der Waals surface area contributed by atoms with Crippen molar-refractivity contribution in [2.75, 3.05) is 43.5 Å². The van der Waals surface area contributed by atoms with Gasteiger partial charge in [0.1, 0.15) is 6.54 Å². The summed E-state index contributed by atoms with van der Waals surface area (Å²) in [5.74, 6) is -1.28. The number of carbonyl (C=O) groups is 5. The van der Waals surface area contributed by atoms with Gasteiger partial charge in [-0.15, -0.1) is 0 Å². The van der Waals surface area contributed by atoms with Crippen LogP contribution in [0.2, 0.25) is 0 Å². The van der Waals surface area contributed by atoms with Gasteiger partial charge in [-0.05, 0) is 37.1 Å². The van der Waals surface area contributed by atoms with Gasteiger partial charge >= 0.3 is 12.0 Å². The van der Waals surface area contributed by atoms with Crippen molar-refractivity contribution in [1.82, 2.24) is 9.80 Å². The molecule has 160 valence electrons. The van der Waals surface area contributed by atoms with Crippen LogP contribution in [0.5, 0.6) is 0 Å². The third kappa shape index (κ3) is 5.13. The van der Waals surface area contributed by atoms with E-state index in [1.165, 1.54) is 11.9 Å². The monoisotopic (exact) mass is 416 g/mol. The highest BCUT2D eigenvalue weighted by Crippen LogP contribution is 2.23. The lowest BCUT2D eigenvalue weighted by atomic mass is 10.2. The first kappa shape index (κ1) is 21.3. The number of amides is 5. The Morgan fingerprint density at radius 2 is 1.83 bits per heavy atom. The molecule has 2 fully saturated rings. The summed E-state index contributed by atoms with van der Waals surface area (Å²) in [7, 11) is 1.53. The zero-order valence-corrected chi connectivity index (χ0v) is 16.8. The number of ether oxygens (including phenoxy) is 1. The summed E-state index contributed by atoms with van der Waals surface area (Å²) >= 11 is 0. The van der Waals surface area contributed by atoms with E-state index in [9.17, 15) is 24.0 Å². The molecule has 0 bridgehead atoms. The number of urea groups is 1. The van der Waals surface area contributed by atoms with Crippen molar-refractivity contribution in [2.45, 2.75) is 25.7 Å². The maximum atomic E-state index is 12.0. The Hall–Kier alpha value is -3.43. The minimum Gasteiger partial charge on any atom is -0.456 e. The van der Waals surface area contributed by atoms with E-state index in [0.29, 0.717) is 18.7 Å². The molecule has 0 aromatic heterocycles. The molecule has 0 aliphatic carbocycles. The van der Waals surface area contributed by atoms with Crippen molar-refractivity contribution in [1.29, 1.82) is 0 Å². The maximum absolute atomic E-state index is 12.0. The van der Waals surface area contributed by atoms with Crippen LogP contribution < -0.4 is 10.2 Å². The molecule has 0 saturated carbocycles. The highest BCUT2D eigenvalue weighted by molar-refractivity contribution is 6.01. The number of imide groups is 1. The second kappa shape index (κ2) is 9.38.